The molecular formula is C19H21N5O2. The summed E-state index contributed by atoms with van der Waals surface area (Å²) in [5.74, 6) is 0.418. The molecule has 1 aromatic heterocycles. The van der Waals surface area contributed by atoms with Crippen LogP contribution in [-0.2, 0) is 4.79 Å². The summed E-state index contributed by atoms with van der Waals surface area (Å²) in [6.45, 7) is 4.03. The van der Waals surface area contributed by atoms with E-state index >= 15 is 0 Å². The Morgan fingerprint density at radius 2 is 2.04 bits per heavy atom. The van der Waals surface area contributed by atoms with E-state index in [4.69, 9.17) is 4.74 Å². The second-order valence-corrected chi connectivity index (χ2v) is 5.98. The molecular weight excluding hydrogens is 330 g/mol. The number of carbonyl (C=O) groups is 1. The van der Waals surface area contributed by atoms with Crippen molar-refractivity contribution < 1.29 is 9.53 Å². The molecule has 3 aromatic rings. The third kappa shape index (κ3) is 4.44. The van der Waals surface area contributed by atoms with E-state index in [-0.39, 0.29) is 18.6 Å². The van der Waals surface area contributed by atoms with Gasteiger partial charge in [0.15, 0.2) is 6.61 Å². The predicted molar refractivity (Wildman–Crippen MR) is 97.0 cm³/mol. The van der Waals surface area contributed by atoms with Gasteiger partial charge in [-0.15, -0.1) is 5.10 Å². The Labute approximate surface area is 152 Å². The molecule has 1 atom stereocenters. The van der Waals surface area contributed by atoms with E-state index in [0.717, 1.165) is 17.7 Å². The van der Waals surface area contributed by atoms with Gasteiger partial charge in [-0.2, -0.15) is 0 Å². The van der Waals surface area contributed by atoms with Gasteiger partial charge in [0.05, 0.1) is 11.7 Å². The first-order valence-electron chi connectivity index (χ1n) is 8.48. The fourth-order valence-electron chi connectivity index (χ4n) is 2.60. The molecule has 0 saturated heterocycles. The highest BCUT2D eigenvalue weighted by atomic mass is 16.5. The van der Waals surface area contributed by atoms with Crippen LogP contribution in [-0.4, -0.2) is 32.7 Å². The van der Waals surface area contributed by atoms with Gasteiger partial charge in [0.2, 0.25) is 0 Å². The maximum Gasteiger partial charge on any atom is 0.258 e. The lowest BCUT2D eigenvalue weighted by Crippen LogP contribution is -2.32. The monoisotopic (exact) mass is 351 g/mol. The van der Waals surface area contributed by atoms with E-state index in [0.29, 0.717) is 5.75 Å². The number of aryl methyl sites for hydroxylation is 1. The molecule has 0 radical (unpaired) electrons. The van der Waals surface area contributed by atoms with Crippen LogP contribution in [0.4, 0.5) is 0 Å². The molecule has 7 nitrogen and oxygen atoms in total. The van der Waals surface area contributed by atoms with Crippen LogP contribution in [0.2, 0.25) is 0 Å². The van der Waals surface area contributed by atoms with Crippen molar-refractivity contribution in [2.45, 2.75) is 26.3 Å². The summed E-state index contributed by atoms with van der Waals surface area (Å²) in [5.41, 5.74) is 3.05. The smallest absolute Gasteiger partial charge is 0.258 e. The fraction of sp³-hybridized carbons (Fsp3) is 0.263. The third-order valence-electron chi connectivity index (χ3n) is 4.02. The lowest BCUT2D eigenvalue weighted by Gasteiger charge is -2.18. The van der Waals surface area contributed by atoms with Gasteiger partial charge in [0.25, 0.3) is 5.91 Å². The Kier molecular flexibility index (Phi) is 5.58. The third-order valence-corrected chi connectivity index (χ3v) is 4.02. The van der Waals surface area contributed by atoms with Crippen molar-refractivity contribution in [3.8, 4) is 11.4 Å². The summed E-state index contributed by atoms with van der Waals surface area (Å²) in [4.78, 5) is 12.3. The fourth-order valence-corrected chi connectivity index (χ4v) is 2.60. The van der Waals surface area contributed by atoms with Crippen LogP contribution in [0.5, 0.6) is 5.75 Å². The van der Waals surface area contributed by atoms with Gasteiger partial charge in [-0.25, -0.2) is 4.68 Å². The van der Waals surface area contributed by atoms with Crippen molar-refractivity contribution in [3.63, 3.8) is 0 Å². The molecule has 1 N–H and O–H groups in total. The van der Waals surface area contributed by atoms with E-state index in [2.05, 4.69) is 20.8 Å². The number of ether oxygens (including phenoxy) is 1. The Morgan fingerprint density at radius 3 is 2.73 bits per heavy atom. The lowest BCUT2D eigenvalue weighted by molar-refractivity contribution is -0.123. The molecule has 0 bridgehead atoms. The highest BCUT2D eigenvalue weighted by Gasteiger charge is 2.13. The SMILES string of the molecule is CC[C@@H](NC(=O)COc1cccc(-n2cnnn2)c1)c1ccc(C)cc1. The number of nitrogens with zero attached hydrogens (tertiary/aromatic N) is 4. The zero-order valence-electron chi connectivity index (χ0n) is 14.8. The summed E-state index contributed by atoms with van der Waals surface area (Å²) in [5, 5.41) is 14.1. The summed E-state index contributed by atoms with van der Waals surface area (Å²) < 4.78 is 7.14. The van der Waals surface area contributed by atoms with Crippen LogP contribution in [0.25, 0.3) is 5.69 Å². The van der Waals surface area contributed by atoms with Crippen molar-refractivity contribution in [3.05, 3.63) is 66.0 Å². The Bertz CT molecular complexity index is 847. The quantitative estimate of drug-likeness (QED) is 0.707. The van der Waals surface area contributed by atoms with Crippen LogP contribution in [0.1, 0.15) is 30.5 Å². The van der Waals surface area contributed by atoms with Gasteiger partial charge in [0, 0.05) is 6.07 Å². The maximum atomic E-state index is 12.3. The number of rotatable bonds is 7. The van der Waals surface area contributed by atoms with E-state index in [1.54, 1.807) is 12.1 Å². The van der Waals surface area contributed by atoms with Gasteiger partial charge in [0.1, 0.15) is 12.1 Å². The minimum atomic E-state index is -0.162. The number of amides is 1. The van der Waals surface area contributed by atoms with Crippen molar-refractivity contribution >= 4 is 5.91 Å². The Morgan fingerprint density at radius 1 is 1.23 bits per heavy atom. The van der Waals surface area contributed by atoms with Gasteiger partial charge in [-0.3, -0.25) is 4.79 Å². The zero-order valence-corrected chi connectivity index (χ0v) is 14.8. The molecule has 3 rings (SSSR count). The number of benzene rings is 2. The molecule has 0 aliphatic rings. The number of tetrazole rings is 1. The van der Waals surface area contributed by atoms with Crippen LogP contribution >= 0.6 is 0 Å². The lowest BCUT2D eigenvalue weighted by atomic mass is 10.0. The maximum absolute atomic E-state index is 12.3. The molecule has 0 aliphatic heterocycles. The molecule has 1 amide bonds. The van der Waals surface area contributed by atoms with Crippen molar-refractivity contribution in [1.29, 1.82) is 0 Å². The highest BCUT2D eigenvalue weighted by molar-refractivity contribution is 5.78. The first-order chi connectivity index (χ1) is 12.7. The Hall–Kier alpha value is -3.22. The second-order valence-electron chi connectivity index (χ2n) is 5.98. The molecule has 2 aromatic carbocycles. The molecule has 0 saturated carbocycles. The average molecular weight is 351 g/mol. The second kappa shape index (κ2) is 8.24. The number of hydrogen-bond donors (Lipinski definition) is 1. The van der Waals surface area contributed by atoms with Gasteiger partial charge in [-0.1, -0.05) is 42.8 Å². The van der Waals surface area contributed by atoms with Crippen molar-refractivity contribution in [1.82, 2.24) is 25.5 Å². The molecule has 0 unspecified atom stereocenters. The van der Waals surface area contributed by atoms with Crippen LogP contribution in [0.3, 0.4) is 0 Å². The summed E-state index contributed by atoms with van der Waals surface area (Å²) in [6, 6.07) is 15.4. The number of hydrogen-bond acceptors (Lipinski definition) is 5. The highest BCUT2D eigenvalue weighted by Crippen LogP contribution is 2.18. The molecule has 134 valence electrons. The molecule has 0 fully saturated rings. The largest absolute Gasteiger partial charge is 0.484 e. The van der Waals surface area contributed by atoms with Crippen molar-refractivity contribution in [2.75, 3.05) is 6.61 Å². The average Bonchev–Trinajstić information content (AvgIpc) is 3.20. The minimum absolute atomic E-state index is 0.0285. The number of nitrogens with one attached hydrogen (secondary N) is 1. The van der Waals surface area contributed by atoms with Crippen LogP contribution in [0.15, 0.2) is 54.9 Å². The minimum Gasteiger partial charge on any atom is -0.484 e. The normalized spacial score (nSPS) is 11.8. The van der Waals surface area contributed by atoms with Gasteiger partial charge >= 0.3 is 0 Å². The number of carbonyl (C=O) groups excluding carboxylic acids is 1. The molecule has 0 aliphatic carbocycles. The van der Waals surface area contributed by atoms with Gasteiger partial charge in [-0.05, 0) is 41.5 Å². The Balaban J connectivity index is 1.58. The van der Waals surface area contributed by atoms with Crippen LogP contribution in [0, 0.1) is 6.92 Å². The zero-order chi connectivity index (χ0) is 18.4. The summed E-state index contributed by atoms with van der Waals surface area (Å²) in [6.07, 6.45) is 2.31. The van der Waals surface area contributed by atoms with E-state index in [1.807, 2.05) is 50.2 Å². The first kappa shape index (κ1) is 17.6. The standard InChI is InChI=1S/C19H21N5O2/c1-3-18(15-9-7-14(2)8-10-15)21-19(25)12-26-17-6-4-5-16(11-17)24-13-20-22-23-24/h4-11,13,18H,3,12H2,1-2H3,(H,21,25)/t18-/m1/s1. The number of aromatic nitrogens is 4. The van der Waals surface area contributed by atoms with Gasteiger partial charge < -0.3 is 10.1 Å². The van der Waals surface area contributed by atoms with E-state index < -0.39 is 0 Å². The summed E-state index contributed by atoms with van der Waals surface area (Å²) in [7, 11) is 0. The topological polar surface area (TPSA) is 81.9 Å². The molecule has 7 heteroatoms. The molecule has 26 heavy (non-hydrogen) atoms. The van der Waals surface area contributed by atoms with E-state index in [9.17, 15) is 4.79 Å². The first-order valence-corrected chi connectivity index (χ1v) is 8.48. The summed E-state index contributed by atoms with van der Waals surface area (Å²) >= 11 is 0. The van der Waals surface area contributed by atoms with Crippen molar-refractivity contribution in [2.24, 2.45) is 0 Å². The predicted octanol–water partition coefficient (Wildman–Crippen LogP) is 2.62. The molecule has 0 spiro atoms. The van der Waals surface area contributed by atoms with Crippen LogP contribution < -0.4 is 10.1 Å². The van der Waals surface area contributed by atoms with E-state index in [1.165, 1.54) is 16.6 Å². The molecule has 1 heterocycles.